The van der Waals surface area contributed by atoms with Crippen LogP contribution in [0.5, 0.6) is 5.75 Å². The molecular formula is C22H27ClN2O4S. The van der Waals surface area contributed by atoms with Gasteiger partial charge in [-0.25, -0.2) is 8.42 Å². The van der Waals surface area contributed by atoms with Gasteiger partial charge in [-0.1, -0.05) is 17.7 Å². The Labute approximate surface area is 182 Å². The first-order chi connectivity index (χ1) is 14.2. The number of aliphatic hydroxyl groups excluding tert-OH is 1. The molecule has 0 unspecified atom stereocenters. The molecule has 0 atom stereocenters. The van der Waals surface area contributed by atoms with Gasteiger partial charge in [0.1, 0.15) is 12.4 Å². The molecule has 0 aliphatic heterocycles. The van der Waals surface area contributed by atoms with Gasteiger partial charge >= 0.3 is 0 Å². The molecule has 2 aromatic carbocycles. The van der Waals surface area contributed by atoms with Crippen molar-refractivity contribution in [3.63, 3.8) is 0 Å². The highest BCUT2D eigenvalue weighted by molar-refractivity contribution is 7.90. The van der Waals surface area contributed by atoms with Gasteiger partial charge in [-0.15, -0.1) is 0 Å². The van der Waals surface area contributed by atoms with Crippen LogP contribution in [0.25, 0.3) is 10.9 Å². The summed E-state index contributed by atoms with van der Waals surface area (Å²) in [6.45, 7) is 5.64. The molecule has 0 aliphatic rings. The number of aryl methyl sites for hydroxylation is 1. The van der Waals surface area contributed by atoms with Gasteiger partial charge < -0.3 is 20.1 Å². The lowest BCUT2D eigenvalue weighted by Gasteiger charge is -2.12. The van der Waals surface area contributed by atoms with Crippen molar-refractivity contribution in [2.24, 2.45) is 0 Å². The number of hydrogen-bond donors (Lipinski definition) is 3. The summed E-state index contributed by atoms with van der Waals surface area (Å²) in [5, 5.41) is 13.2. The van der Waals surface area contributed by atoms with Crippen LogP contribution in [0.15, 0.2) is 35.2 Å². The fourth-order valence-electron chi connectivity index (χ4n) is 3.67. The predicted molar refractivity (Wildman–Crippen MR) is 121 cm³/mol. The first-order valence-corrected chi connectivity index (χ1v) is 12.0. The van der Waals surface area contributed by atoms with E-state index in [1.807, 2.05) is 31.2 Å². The van der Waals surface area contributed by atoms with Crippen LogP contribution in [0.2, 0.25) is 5.02 Å². The number of H-pyrrole nitrogens is 1. The lowest BCUT2D eigenvalue weighted by atomic mass is 9.98. The van der Waals surface area contributed by atoms with Crippen LogP contribution < -0.4 is 10.1 Å². The quantitative estimate of drug-likeness (QED) is 0.434. The Bertz CT molecular complexity index is 1160. The topological polar surface area (TPSA) is 91.4 Å². The number of aliphatic hydroxyl groups is 1. The van der Waals surface area contributed by atoms with E-state index in [0.29, 0.717) is 31.7 Å². The zero-order valence-electron chi connectivity index (χ0n) is 17.4. The highest BCUT2D eigenvalue weighted by atomic mass is 35.5. The third-order valence-electron chi connectivity index (χ3n) is 5.14. The van der Waals surface area contributed by atoms with Crippen molar-refractivity contribution in [3.05, 3.63) is 57.7 Å². The summed E-state index contributed by atoms with van der Waals surface area (Å²) in [4.78, 5) is 3.60. The summed E-state index contributed by atoms with van der Waals surface area (Å²) in [6.07, 6.45) is 1.78. The molecule has 3 N–H and O–H groups in total. The van der Waals surface area contributed by atoms with Crippen LogP contribution in [-0.4, -0.2) is 51.1 Å². The Morgan fingerprint density at radius 2 is 1.93 bits per heavy atom. The molecule has 30 heavy (non-hydrogen) atoms. The monoisotopic (exact) mass is 450 g/mol. The van der Waals surface area contributed by atoms with Crippen LogP contribution in [-0.2, 0) is 16.3 Å². The molecule has 6 nitrogen and oxygen atoms in total. The van der Waals surface area contributed by atoms with Crippen molar-refractivity contribution in [1.82, 2.24) is 10.3 Å². The van der Waals surface area contributed by atoms with Crippen LogP contribution in [0.4, 0.5) is 0 Å². The molecule has 0 bridgehead atoms. The third kappa shape index (κ3) is 4.98. The number of nitrogens with one attached hydrogen (secondary N) is 2. The molecule has 0 aliphatic carbocycles. The summed E-state index contributed by atoms with van der Waals surface area (Å²) in [6, 6.07) is 9.46. The molecule has 0 saturated carbocycles. The Balaban J connectivity index is 1.86. The standard InChI is InChI=1S/C22H27ClN2O4S/c1-14-16(4-7-20(23)22(14)30(3,27)28)12-19-15(2)25-21-13-17(5-6-18(19)21)29-11-9-24-8-10-26/h4-7,13,24-26H,8-12H2,1-3H3. The number of halogens is 1. The summed E-state index contributed by atoms with van der Waals surface area (Å²) in [7, 11) is -3.41. The van der Waals surface area contributed by atoms with Crippen LogP contribution in [0.3, 0.4) is 0 Å². The van der Waals surface area contributed by atoms with Gasteiger partial charge in [0, 0.05) is 48.4 Å². The number of benzene rings is 2. The number of hydrogen-bond acceptors (Lipinski definition) is 5. The maximum absolute atomic E-state index is 12.2. The van der Waals surface area contributed by atoms with Crippen molar-refractivity contribution in [3.8, 4) is 5.75 Å². The molecule has 8 heteroatoms. The van der Waals surface area contributed by atoms with Crippen molar-refractivity contribution in [2.75, 3.05) is 32.6 Å². The SMILES string of the molecule is Cc1[nH]c2cc(OCCNCCO)ccc2c1Cc1ccc(Cl)c(S(C)(=O)=O)c1C. The fourth-order valence-corrected chi connectivity index (χ4v) is 5.40. The maximum Gasteiger partial charge on any atom is 0.177 e. The van der Waals surface area contributed by atoms with Gasteiger partial charge in [-0.3, -0.25) is 0 Å². The number of sulfone groups is 1. The molecule has 0 amide bonds. The van der Waals surface area contributed by atoms with E-state index in [-0.39, 0.29) is 16.5 Å². The summed E-state index contributed by atoms with van der Waals surface area (Å²) in [5.41, 5.74) is 4.74. The summed E-state index contributed by atoms with van der Waals surface area (Å²) in [5.74, 6) is 0.767. The van der Waals surface area contributed by atoms with Crippen molar-refractivity contribution >= 4 is 32.3 Å². The maximum atomic E-state index is 12.2. The van der Waals surface area contributed by atoms with Gasteiger partial charge in [-0.2, -0.15) is 0 Å². The van der Waals surface area contributed by atoms with E-state index >= 15 is 0 Å². The summed E-state index contributed by atoms with van der Waals surface area (Å²) >= 11 is 6.17. The number of aromatic amines is 1. The van der Waals surface area contributed by atoms with E-state index in [0.717, 1.165) is 33.5 Å². The number of aromatic nitrogens is 1. The highest BCUT2D eigenvalue weighted by Gasteiger charge is 2.19. The van der Waals surface area contributed by atoms with E-state index in [4.69, 9.17) is 21.4 Å². The Morgan fingerprint density at radius 3 is 2.63 bits per heavy atom. The lowest BCUT2D eigenvalue weighted by Crippen LogP contribution is -2.23. The molecule has 3 aromatic rings. The molecule has 0 fully saturated rings. The smallest absolute Gasteiger partial charge is 0.177 e. The fraction of sp³-hybridized carbons (Fsp3) is 0.364. The summed E-state index contributed by atoms with van der Waals surface area (Å²) < 4.78 is 30.1. The van der Waals surface area contributed by atoms with Crippen molar-refractivity contribution in [2.45, 2.75) is 25.2 Å². The molecule has 162 valence electrons. The molecule has 0 saturated heterocycles. The van der Waals surface area contributed by atoms with Crippen LogP contribution >= 0.6 is 11.6 Å². The van der Waals surface area contributed by atoms with Gasteiger partial charge in [0.2, 0.25) is 0 Å². The van der Waals surface area contributed by atoms with E-state index in [1.165, 1.54) is 6.26 Å². The van der Waals surface area contributed by atoms with E-state index in [2.05, 4.69) is 10.3 Å². The Hall–Kier alpha value is -2.06. The average molecular weight is 451 g/mol. The first-order valence-electron chi connectivity index (χ1n) is 9.76. The van der Waals surface area contributed by atoms with Crippen molar-refractivity contribution in [1.29, 1.82) is 0 Å². The third-order valence-corrected chi connectivity index (χ3v) is 6.83. The number of ether oxygens (including phenoxy) is 1. The second kappa shape index (κ2) is 9.39. The molecule has 1 aromatic heterocycles. The largest absolute Gasteiger partial charge is 0.492 e. The second-order valence-electron chi connectivity index (χ2n) is 7.37. The molecule has 3 rings (SSSR count). The Morgan fingerprint density at radius 1 is 1.17 bits per heavy atom. The van der Waals surface area contributed by atoms with E-state index < -0.39 is 9.84 Å². The normalized spacial score (nSPS) is 11.9. The van der Waals surface area contributed by atoms with Crippen molar-refractivity contribution < 1.29 is 18.3 Å². The van der Waals surface area contributed by atoms with Crippen LogP contribution in [0.1, 0.15) is 22.4 Å². The Kier molecular flexibility index (Phi) is 7.08. The second-order valence-corrected chi connectivity index (χ2v) is 9.73. The average Bonchev–Trinajstić information content (AvgIpc) is 2.97. The zero-order chi connectivity index (χ0) is 21.9. The minimum atomic E-state index is -3.41. The highest BCUT2D eigenvalue weighted by Crippen LogP contribution is 2.32. The van der Waals surface area contributed by atoms with Gasteiger partial charge in [-0.05, 0) is 48.7 Å². The molecule has 0 spiro atoms. The molecular weight excluding hydrogens is 424 g/mol. The van der Waals surface area contributed by atoms with Crippen LogP contribution in [0, 0.1) is 13.8 Å². The van der Waals surface area contributed by atoms with Gasteiger partial charge in [0.25, 0.3) is 0 Å². The molecule has 0 radical (unpaired) electrons. The predicted octanol–water partition coefficient (Wildman–Crippen LogP) is 3.39. The minimum Gasteiger partial charge on any atom is -0.492 e. The van der Waals surface area contributed by atoms with Gasteiger partial charge in [0.05, 0.1) is 16.5 Å². The lowest BCUT2D eigenvalue weighted by molar-refractivity contribution is 0.276. The van der Waals surface area contributed by atoms with Gasteiger partial charge in [0.15, 0.2) is 9.84 Å². The molecule has 1 heterocycles. The zero-order valence-corrected chi connectivity index (χ0v) is 19.0. The first kappa shape index (κ1) is 22.6. The van der Waals surface area contributed by atoms with E-state index in [9.17, 15) is 8.42 Å². The van der Waals surface area contributed by atoms with E-state index in [1.54, 1.807) is 13.0 Å². The number of fused-ring (bicyclic) bond motifs is 1. The number of rotatable bonds is 9. The minimum absolute atomic E-state index is 0.106.